The third-order valence-electron chi connectivity index (χ3n) is 5.03. The highest BCUT2D eigenvalue weighted by Crippen LogP contribution is 2.62. The van der Waals surface area contributed by atoms with Crippen LogP contribution in [0.4, 0.5) is 4.39 Å². The van der Waals surface area contributed by atoms with Crippen LogP contribution in [0.3, 0.4) is 0 Å². The first-order valence-electron chi connectivity index (χ1n) is 10.8. The summed E-state index contributed by atoms with van der Waals surface area (Å²) in [5, 5.41) is 0.283. The van der Waals surface area contributed by atoms with Gasteiger partial charge in [0.1, 0.15) is 12.8 Å². The summed E-state index contributed by atoms with van der Waals surface area (Å²) in [6.07, 6.45) is 1.06. The molecular formula is C21H24Cl2FN2O8P. The van der Waals surface area contributed by atoms with Gasteiger partial charge < -0.3 is 18.5 Å². The molecule has 35 heavy (non-hydrogen) atoms. The molecule has 0 bridgehead atoms. The number of aromatic nitrogens is 2. The summed E-state index contributed by atoms with van der Waals surface area (Å²) in [6, 6.07) is 4.16. The minimum absolute atomic E-state index is 0.0126. The van der Waals surface area contributed by atoms with Crippen molar-refractivity contribution in [3.63, 3.8) is 0 Å². The van der Waals surface area contributed by atoms with Crippen LogP contribution < -0.4 is 11.2 Å². The molecule has 1 unspecified atom stereocenters. The van der Waals surface area contributed by atoms with Crippen molar-refractivity contribution in [2.24, 2.45) is 0 Å². The Morgan fingerprint density at radius 1 is 1.26 bits per heavy atom. The third-order valence-corrected chi connectivity index (χ3v) is 7.79. The van der Waals surface area contributed by atoms with Crippen LogP contribution >= 0.6 is 30.8 Å². The fourth-order valence-electron chi connectivity index (χ4n) is 3.54. The Morgan fingerprint density at radius 2 is 1.94 bits per heavy atom. The molecule has 2 heterocycles. The Morgan fingerprint density at radius 3 is 2.51 bits per heavy atom. The molecule has 1 fully saturated rings. The van der Waals surface area contributed by atoms with E-state index in [2.05, 4.69) is 0 Å². The molecule has 1 aromatic heterocycles. The van der Waals surface area contributed by atoms with Crippen LogP contribution in [0.5, 0.6) is 0 Å². The highest BCUT2D eigenvalue weighted by molar-refractivity contribution is 7.54. The first kappa shape index (κ1) is 27.6. The largest absolute Gasteiger partial charge is 0.443 e. The van der Waals surface area contributed by atoms with Gasteiger partial charge in [-0.1, -0.05) is 29.3 Å². The van der Waals surface area contributed by atoms with Gasteiger partial charge in [0.15, 0.2) is 0 Å². The number of esters is 1. The lowest BCUT2D eigenvalue weighted by atomic mass is 10.2. The molecule has 14 heteroatoms. The number of hydrogen-bond acceptors (Lipinski definition) is 8. The summed E-state index contributed by atoms with van der Waals surface area (Å²) in [5.74, 6) is -4.08. The quantitative estimate of drug-likeness (QED) is 0.317. The average Bonchev–Trinajstić information content (AvgIpc) is 3.33. The lowest BCUT2D eigenvalue weighted by molar-refractivity contribution is -0.147. The van der Waals surface area contributed by atoms with Gasteiger partial charge >= 0.3 is 19.3 Å². The van der Waals surface area contributed by atoms with Gasteiger partial charge in [-0.2, -0.15) is 4.39 Å². The maximum Gasteiger partial charge on any atom is 0.375 e. The van der Waals surface area contributed by atoms with Crippen molar-refractivity contribution in [1.29, 1.82) is 0 Å². The molecule has 3 rings (SSSR count). The lowest BCUT2D eigenvalue weighted by Gasteiger charge is -2.27. The van der Waals surface area contributed by atoms with Gasteiger partial charge in [-0.25, -0.2) is 9.36 Å². The Bertz CT molecular complexity index is 1230. The second-order valence-corrected chi connectivity index (χ2v) is 10.3. The smallest absolute Gasteiger partial charge is 0.375 e. The van der Waals surface area contributed by atoms with Gasteiger partial charge in [0.25, 0.3) is 5.56 Å². The Hall–Kier alpha value is -2.01. The summed E-state index contributed by atoms with van der Waals surface area (Å²) in [5.41, 5.74) is -2.21. The van der Waals surface area contributed by atoms with E-state index in [1.165, 1.54) is 18.2 Å². The van der Waals surface area contributed by atoms with E-state index < -0.39 is 49.2 Å². The molecule has 1 aliphatic rings. The van der Waals surface area contributed by atoms with E-state index in [0.717, 1.165) is 10.8 Å². The number of ether oxygens (including phenoxy) is 2. The fraction of sp³-hybridized carbons (Fsp3) is 0.476. The number of hydrogen-bond donors (Lipinski definition) is 0. The third kappa shape index (κ3) is 6.22. The minimum atomic E-state index is -4.15. The van der Waals surface area contributed by atoms with Crippen LogP contribution in [0.15, 0.2) is 34.0 Å². The van der Waals surface area contributed by atoms with Crippen LogP contribution in [0, 0.1) is 5.82 Å². The molecule has 192 valence electrons. The van der Waals surface area contributed by atoms with Crippen LogP contribution in [0.2, 0.25) is 10.0 Å². The SMILES string of the molecule is CCOP(=O)(OCC)C(OC(=O)Cn1c(=O)c(F)cn([C@H]2CCCO2)c1=O)c1ccc(Cl)cc1Cl. The predicted octanol–water partition coefficient (Wildman–Crippen LogP) is 4.27. The van der Waals surface area contributed by atoms with Gasteiger partial charge in [0.2, 0.25) is 11.7 Å². The second kappa shape index (κ2) is 11.8. The molecular weight excluding hydrogens is 529 g/mol. The highest BCUT2D eigenvalue weighted by atomic mass is 35.5. The normalized spacial score (nSPS) is 16.9. The summed E-state index contributed by atoms with van der Waals surface area (Å²) in [4.78, 5) is 38.1. The van der Waals surface area contributed by atoms with Crippen molar-refractivity contribution in [2.45, 2.75) is 45.3 Å². The maximum atomic E-state index is 14.3. The molecule has 0 amide bonds. The van der Waals surface area contributed by atoms with E-state index in [0.29, 0.717) is 24.0 Å². The van der Waals surface area contributed by atoms with Crippen molar-refractivity contribution in [3.05, 3.63) is 66.7 Å². The summed E-state index contributed by atoms with van der Waals surface area (Å²) >= 11 is 12.2. The number of rotatable bonds is 10. The molecule has 0 N–H and O–H groups in total. The van der Waals surface area contributed by atoms with E-state index in [1.54, 1.807) is 13.8 Å². The predicted molar refractivity (Wildman–Crippen MR) is 125 cm³/mol. The van der Waals surface area contributed by atoms with E-state index >= 15 is 0 Å². The van der Waals surface area contributed by atoms with Crippen LogP contribution in [-0.4, -0.2) is 34.9 Å². The monoisotopic (exact) mass is 552 g/mol. The molecule has 10 nitrogen and oxygen atoms in total. The lowest BCUT2D eigenvalue weighted by Crippen LogP contribution is -2.44. The van der Waals surface area contributed by atoms with Crippen molar-refractivity contribution in [1.82, 2.24) is 9.13 Å². The number of carbonyl (C=O) groups excluding carboxylic acids is 1. The van der Waals surface area contributed by atoms with Crippen molar-refractivity contribution in [2.75, 3.05) is 19.8 Å². The Labute approximate surface area is 210 Å². The number of halogens is 3. The Balaban J connectivity index is 1.99. The van der Waals surface area contributed by atoms with Gasteiger partial charge in [0, 0.05) is 22.2 Å². The maximum absolute atomic E-state index is 14.3. The standard InChI is InChI=1S/C21H24Cl2FN2O8P/c1-3-32-35(30,33-4-2)20(14-8-7-13(22)10-15(14)23)34-18(27)12-26-19(28)16(24)11-25(21(26)29)17-6-5-9-31-17/h7-8,10-11,17,20H,3-6,9,12H2,1-2H3/t17-,20?/m1/s1. The number of benzene rings is 1. The van der Waals surface area contributed by atoms with E-state index in [4.69, 9.17) is 41.7 Å². The molecule has 2 aromatic rings. The van der Waals surface area contributed by atoms with Crippen LogP contribution in [0.1, 0.15) is 44.3 Å². The number of carbonyl (C=O) groups is 1. The molecule has 0 saturated carbocycles. The molecule has 1 aliphatic heterocycles. The molecule has 0 aliphatic carbocycles. The number of nitrogens with zero attached hydrogens (tertiary/aromatic N) is 2. The van der Waals surface area contributed by atoms with Gasteiger partial charge in [-0.15, -0.1) is 0 Å². The van der Waals surface area contributed by atoms with E-state index in [9.17, 15) is 23.3 Å². The molecule has 0 spiro atoms. The average molecular weight is 553 g/mol. The van der Waals surface area contributed by atoms with Crippen LogP contribution in [-0.2, 0) is 34.4 Å². The fourth-order valence-corrected chi connectivity index (χ4v) is 6.00. The zero-order valence-electron chi connectivity index (χ0n) is 18.9. The second-order valence-electron chi connectivity index (χ2n) is 7.41. The van der Waals surface area contributed by atoms with Crippen LogP contribution in [0.25, 0.3) is 0 Å². The molecule has 1 saturated heterocycles. The highest BCUT2D eigenvalue weighted by Gasteiger charge is 2.41. The summed E-state index contributed by atoms with van der Waals surface area (Å²) in [7, 11) is -4.15. The van der Waals surface area contributed by atoms with Gasteiger partial charge in [-0.3, -0.25) is 18.7 Å². The van der Waals surface area contributed by atoms with Crippen molar-refractivity contribution >= 4 is 36.8 Å². The molecule has 2 atom stereocenters. The molecule has 0 radical (unpaired) electrons. The molecule has 1 aromatic carbocycles. The Kier molecular flexibility index (Phi) is 9.31. The first-order chi connectivity index (χ1) is 16.6. The summed E-state index contributed by atoms with van der Waals surface area (Å²) < 4.78 is 50.6. The minimum Gasteiger partial charge on any atom is -0.443 e. The topological polar surface area (TPSA) is 115 Å². The van der Waals surface area contributed by atoms with E-state index in [1.807, 2.05) is 0 Å². The van der Waals surface area contributed by atoms with E-state index in [-0.39, 0.29) is 28.8 Å². The summed E-state index contributed by atoms with van der Waals surface area (Å²) in [6.45, 7) is 2.43. The van der Waals surface area contributed by atoms with Crippen molar-refractivity contribution < 1.29 is 32.3 Å². The van der Waals surface area contributed by atoms with Crippen molar-refractivity contribution in [3.8, 4) is 0 Å². The van der Waals surface area contributed by atoms with Gasteiger partial charge in [0.05, 0.1) is 19.4 Å². The first-order valence-corrected chi connectivity index (χ1v) is 13.1. The van der Waals surface area contributed by atoms with Gasteiger partial charge in [-0.05, 0) is 38.8 Å². The zero-order valence-corrected chi connectivity index (χ0v) is 21.4. The zero-order chi connectivity index (χ0) is 25.8.